The van der Waals surface area contributed by atoms with Crippen LogP contribution in [-0.4, -0.2) is 17.3 Å². The third-order valence-corrected chi connectivity index (χ3v) is 3.76. The van der Waals surface area contributed by atoms with Crippen molar-refractivity contribution in [2.24, 2.45) is 0 Å². The minimum atomic E-state index is -0.479. The second-order valence-electron chi connectivity index (χ2n) is 5.73. The van der Waals surface area contributed by atoms with E-state index in [1.165, 1.54) is 12.1 Å². The molecule has 2 aromatic carbocycles. The third kappa shape index (κ3) is 5.28. The molecule has 2 aromatic rings. The number of hydrogen-bond donors (Lipinski definition) is 0. The second-order valence-corrected chi connectivity index (χ2v) is 5.73. The summed E-state index contributed by atoms with van der Waals surface area (Å²) in [5.41, 5.74) is 1.64. The van der Waals surface area contributed by atoms with Gasteiger partial charge in [0.2, 0.25) is 0 Å². The van der Waals surface area contributed by atoms with Gasteiger partial charge in [0.25, 0.3) is 5.69 Å². The van der Waals surface area contributed by atoms with E-state index in [-0.39, 0.29) is 11.5 Å². The van der Waals surface area contributed by atoms with Gasteiger partial charge in [-0.2, -0.15) is 0 Å². The van der Waals surface area contributed by atoms with Crippen molar-refractivity contribution in [1.29, 1.82) is 0 Å². The van der Waals surface area contributed by atoms with Crippen LogP contribution in [0.4, 0.5) is 5.69 Å². The number of nitrogens with zero attached hydrogens (tertiary/aromatic N) is 1. The van der Waals surface area contributed by atoms with Gasteiger partial charge in [-0.05, 0) is 37.1 Å². The minimum absolute atomic E-state index is 0.0483. The van der Waals surface area contributed by atoms with E-state index in [4.69, 9.17) is 4.74 Å². The van der Waals surface area contributed by atoms with Crippen LogP contribution in [0.25, 0.3) is 6.08 Å². The summed E-state index contributed by atoms with van der Waals surface area (Å²) in [5, 5.41) is 11.0. The maximum absolute atomic E-state index is 12.2. The van der Waals surface area contributed by atoms with Crippen molar-refractivity contribution in [1.82, 2.24) is 0 Å². The van der Waals surface area contributed by atoms with Crippen LogP contribution in [0.15, 0.2) is 48.5 Å². The quantitative estimate of drug-likeness (QED) is 0.224. The molecule has 0 aliphatic carbocycles. The number of aryl methyl sites for hydroxylation is 1. The summed E-state index contributed by atoms with van der Waals surface area (Å²) in [6, 6.07) is 11.9. The average molecular weight is 339 g/mol. The second kappa shape index (κ2) is 8.78. The molecule has 0 fully saturated rings. The highest BCUT2D eigenvalue weighted by molar-refractivity contribution is 6.07. The van der Waals surface area contributed by atoms with E-state index in [0.717, 1.165) is 24.2 Å². The Morgan fingerprint density at radius 3 is 2.56 bits per heavy atom. The molecule has 0 N–H and O–H groups in total. The van der Waals surface area contributed by atoms with E-state index >= 15 is 0 Å². The van der Waals surface area contributed by atoms with Gasteiger partial charge in [0.05, 0.1) is 11.5 Å². The molecule has 5 heteroatoms. The maximum atomic E-state index is 12.2. The van der Waals surface area contributed by atoms with E-state index in [1.54, 1.807) is 25.1 Å². The highest BCUT2D eigenvalue weighted by atomic mass is 16.6. The van der Waals surface area contributed by atoms with Crippen molar-refractivity contribution < 1.29 is 14.5 Å². The average Bonchev–Trinajstić information content (AvgIpc) is 2.61. The number of rotatable bonds is 8. The lowest BCUT2D eigenvalue weighted by molar-refractivity contribution is -0.385. The largest absolute Gasteiger partial charge is 0.494 e. The molecule has 130 valence electrons. The number of benzene rings is 2. The SMILES string of the molecule is CCCCOc1ccc(/C=C/C(=O)c2ccc(C)c([N+](=O)[O-])c2)cc1. The fourth-order valence-electron chi connectivity index (χ4n) is 2.24. The summed E-state index contributed by atoms with van der Waals surface area (Å²) < 4.78 is 5.59. The Labute approximate surface area is 147 Å². The van der Waals surface area contributed by atoms with E-state index in [0.29, 0.717) is 17.7 Å². The first-order chi connectivity index (χ1) is 12.0. The van der Waals surface area contributed by atoms with E-state index in [1.807, 2.05) is 24.3 Å². The van der Waals surface area contributed by atoms with Crippen LogP contribution in [0.2, 0.25) is 0 Å². The van der Waals surface area contributed by atoms with Gasteiger partial charge in [-0.1, -0.05) is 43.7 Å². The lowest BCUT2D eigenvalue weighted by Crippen LogP contribution is -1.98. The molecule has 0 aliphatic rings. The standard InChI is InChI=1S/C20H21NO4/c1-3-4-13-25-18-10-6-16(7-11-18)8-12-20(22)17-9-5-15(2)19(14-17)21(23)24/h5-12,14H,3-4,13H2,1-2H3/b12-8+. The van der Waals surface area contributed by atoms with Gasteiger partial charge >= 0.3 is 0 Å². The third-order valence-electron chi connectivity index (χ3n) is 3.76. The van der Waals surface area contributed by atoms with Gasteiger partial charge in [0, 0.05) is 17.2 Å². The van der Waals surface area contributed by atoms with E-state index in [9.17, 15) is 14.9 Å². The normalized spacial score (nSPS) is 10.8. The zero-order chi connectivity index (χ0) is 18.2. The lowest BCUT2D eigenvalue weighted by atomic mass is 10.1. The number of unbranched alkanes of at least 4 members (excludes halogenated alkanes) is 1. The van der Waals surface area contributed by atoms with Gasteiger partial charge in [-0.25, -0.2) is 0 Å². The summed E-state index contributed by atoms with van der Waals surface area (Å²) in [6.07, 6.45) is 5.20. The summed E-state index contributed by atoms with van der Waals surface area (Å²) in [7, 11) is 0. The van der Waals surface area contributed by atoms with E-state index in [2.05, 4.69) is 6.92 Å². The Kier molecular flexibility index (Phi) is 6.46. The summed E-state index contributed by atoms with van der Waals surface area (Å²) in [6.45, 7) is 4.44. The molecule has 0 spiro atoms. The molecule has 0 aromatic heterocycles. The van der Waals surface area contributed by atoms with Crippen LogP contribution in [0.3, 0.4) is 0 Å². The van der Waals surface area contributed by atoms with Gasteiger partial charge in [-0.15, -0.1) is 0 Å². The Balaban J connectivity index is 2.05. The fourth-order valence-corrected chi connectivity index (χ4v) is 2.24. The molecule has 0 atom stereocenters. The number of hydrogen-bond acceptors (Lipinski definition) is 4. The Morgan fingerprint density at radius 2 is 1.92 bits per heavy atom. The first kappa shape index (κ1) is 18.4. The molecular weight excluding hydrogens is 318 g/mol. The summed E-state index contributed by atoms with van der Waals surface area (Å²) >= 11 is 0. The topological polar surface area (TPSA) is 69.4 Å². The Morgan fingerprint density at radius 1 is 1.20 bits per heavy atom. The molecule has 0 bridgehead atoms. The molecule has 0 radical (unpaired) electrons. The first-order valence-electron chi connectivity index (χ1n) is 8.21. The van der Waals surface area contributed by atoms with Crippen LogP contribution in [0.5, 0.6) is 5.75 Å². The van der Waals surface area contributed by atoms with Crippen LogP contribution in [0, 0.1) is 17.0 Å². The van der Waals surface area contributed by atoms with Crippen molar-refractivity contribution in [3.8, 4) is 5.75 Å². The number of ether oxygens (including phenoxy) is 1. The van der Waals surface area contributed by atoms with Crippen molar-refractivity contribution in [3.63, 3.8) is 0 Å². The number of carbonyl (C=O) groups excluding carboxylic acids is 1. The molecule has 0 amide bonds. The molecule has 0 saturated heterocycles. The zero-order valence-electron chi connectivity index (χ0n) is 14.4. The number of carbonyl (C=O) groups is 1. The number of ketones is 1. The van der Waals surface area contributed by atoms with E-state index < -0.39 is 4.92 Å². The molecule has 5 nitrogen and oxygen atoms in total. The van der Waals surface area contributed by atoms with Gasteiger partial charge in [-0.3, -0.25) is 14.9 Å². The summed E-state index contributed by atoms with van der Waals surface area (Å²) in [5.74, 6) is 0.525. The molecule has 2 rings (SSSR count). The summed E-state index contributed by atoms with van der Waals surface area (Å²) in [4.78, 5) is 22.7. The van der Waals surface area contributed by atoms with Crippen molar-refractivity contribution in [3.05, 3.63) is 75.3 Å². The molecule has 25 heavy (non-hydrogen) atoms. The lowest BCUT2D eigenvalue weighted by Gasteiger charge is -2.05. The predicted molar refractivity (Wildman–Crippen MR) is 98.0 cm³/mol. The van der Waals surface area contributed by atoms with Crippen LogP contribution >= 0.6 is 0 Å². The molecule has 0 unspecified atom stereocenters. The molecule has 0 saturated carbocycles. The zero-order valence-corrected chi connectivity index (χ0v) is 14.4. The smallest absolute Gasteiger partial charge is 0.273 e. The maximum Gasteiger partial charge on any atom is 0.273 e. The number of nitro groups is 1. The van der Waals surface area contributed by atoms with Gasteiger partial charge in [0.1, 0.15) is 5.75 Å². The molecule has 0 aliphatic heterocycles. The van der Waals surface area contributed by atoms with Crippen molar-refractivity contribution >= 4 is 17.5 Å². The van der Waals surface area contributed by atoms with Crippen molar-refractivity contribution in [2.75, 3.05) is 6.61 Å². The molecule has 0 heterocycles. The Hall–Kier alpha value is -2.95. The highest BCUT2D eigenvalue weighted by Crippen LogP contribution is 2.20. The number of nitro benzene ring substituents is 1. The minimum Gasteiger partial charge on any atom is -0.494 e. The predicted octanol–water partition coefficient (Wildman–Crippen LogP) is 4.98. The monoisotopic (exact) mass is 339 g/mol. The van der Waals surface area contributed by atoms with Crippen LogP contribution in [-0.2, 0) is 0 Å². The van der Waals surface area contributed by atoms with Gasteiger partial charge < -0.3 is 4.74 Å². The highest BCUT2D eigenvalue weighted by Gasteiger charge is 2.13. The Bertz CT molecular complexity index is 779. The van der Waals surface area contributed by atoms with Crippen LogP contribution < -0.4 is 4.74 Å². The molecular formula is C20H21NO4. The van der Waals surface area contributed by atoms with Crippen LogP contribution in [0.1, 0.15) is 41.3 Å². The number of allylic oxidation sites excluding steroid dienone is 1. The first-order valence-corrected chi connectivity index (χ1v) is 8.21. The fraction of sp³-hybridized carbons (Fsp3) is 0.250. The van der Waals surface area contributed by atoms with Gasteiger partial charge in [0.15, 0.2) is 5.78 Å². The van der Waals surface area contributed by atoms with Crippen molar-refractivity contribution in [2.45, 2.75) is 26.7 Å².